The predicted octanol–water partition coefficient (Wildman–Crippen LogP) is 1.48. The number of carbonyl (C=O) groups is 2. The Morgan fingerprint density at radius 2 is 1.52 bits per heavy atom. The third-order valence-corrected chi connectivity index (χ3v) is 5.27. The maximum absolute atomic E-state index is 11.8. The van der Waals surface area contributed by atoms with Crippen LogP contribution in [0, 0.1) is 11.8 Å². The topological polar surface area (TPSA) is 43.9 Å². The van der Waals surface area contributed by atoms with Crippen LogP contribution in [0.2, 0.25) is 0 Å². The van der Waals surface area contributed by atoms with E-state index in [-0.39, 0.29) is 5.92 Å². The summed E-state index contributed by atoms with van der Waals surface area (Å²) in [6, 6.07) is 0. The minimum Gasteiger partial charge on any atom is -0.343 e. The van der Waals surface area contributed by atoms with Crippen molar-refractivity contribution in [1.29, 1.82) is 0 Å². The van der Waals surface area contributed by atoms with Gasteiger partial charge in [0.05, 0.1) is 6.54 Å². The summed E-state index contributed by atoms with van der Waals surface area (Å²) in [7, 11) is 0. The number of ketones is 1. The average molecular weight is 323 g/mol. The first-order valence-electron chi connectivity index (χ1n) is 9.24. The lowest BCUT2D eigenvalue weighted by atomic mass is 9.95. The summed E-state index contributed by atoms with van der Waals surface area (Å²) in [4.78, 5) is 30.4. The van der Waals surface area contributed by atoms with Gasteiger partial charge < -0.3 is 9.80 Å². The van der Waals surface area contributed by atoms with Crippen molar-refractivity contribution >= 4 is 11.7 Å². The number of rotatable bonds is 6. The smallest absolute Gasteiger partial charge is 0.222 e. The number of piperidine rings is 1. The monoisotopic (exact) mass is 323 g/mol. The first-order chi connectivity index (χ1) is 11.0. The molecule has 132 valence electrons. The van der Waals surface area contributed by atoms with Crippen molar-refractivity contribution in [3.63, 3.8) is 0 Å². The molecule has 2 aliphatic heterocycles. The molecular weight excluding hydrogens is 290 g/mol. The lowest BCUT2D eigenvalue weighted by molar-refractivity contribution is -0.132. The minimum atomic E-state index is 0.143. The second kappa shape index (κ2) is 8.78. The highest BCUT2D eigenvalue weighted by Crippen LogP contribution is 2.19. The number of piperazine rings is 1. The molecule has 2 rings (SSSR count). The molecule has 5 heteroatoms. The van der Waals surface area contributed by atoms with Gasteiger partial charge in [0.15, 0.2) is 0 Å². The van der Waals surface area contributed by atoms with Gasteiger partial charge in [0.2, 0.25) is 5.91 Å². The van der Waals surface area contributed by atoms with Gasteiger partial charge in [-0.15, -0.1) is 0 Å². The van der Waals surface area contributed by atoms with Crippen molar-refractivity contribution in [2.24, 2.45) is 11.8 Å². The molecule has 2 aliphatic rings. The second-order valence-corrected chi connectivity index (χ2v) is 7.38. The summed E-state index contributed by atoms with van der Waals surface area (Å²) in [6.07, 6.45) is 2.90. The molecule has 0 radical (unpaired) electrons. The van der Waals surface area contributed by atoms with Gasteiger partial charge in [-0.25, -0.2) is 0 Å². The van der Waals surface area contributed by atoms with Gasteiger partial charge in [0.25, 0.3) is 0 Å². The molecule has 0 aromatic carbocycles. The summed E-state index contributed by atoms with van der Waals surface area (Å²) in [6.45, 7) is 13.7. The number of hydrogen-bond acceptors (Lipinski definition) is 4. The Bertz CT molecular complexity index is 395. The summed E-state index contributed by atoms with van der Waals surface area (Å²) in [5.41, 5.74) is 0. The zero-order chi connectivity index (χ0) is 16.8. The highest BCUT2D eigenvalue weighted by molar-refractivity contribution is 5.82. The van der Waals surface area contributed by atoms with Crippen molar-refractivity contribution < 1.29 is 9.59 Å². The molecular formula is C18H33N3O2. The first kappa shape index (κ1) is 18.4. The maximum Gasteiger partial charge on any atom is 0.222 e. The van der Waals surface area contributed by atoms with Gasteiger partial charge in [-0.2, -0.15) is 0 Å². The Hall–Kier alpha value is -0.940. The Morgan fingerprint density at radius 1 is 0.957 bits per heavy atom. The molecule has 2 saturated heterocycles. The van der Waals surface area contributed by atoms with E-state index >= 15 is 0 Å². The van der Waals surface area contributed by atoms with E-state index in [2.05, 4.69) is 9.80 Å². The Balaban J connectivity index is 1.65. The third kappa shape index (κ3) is 5.57. The van der Waals surface area contributed by atoms with E-state index in [1.165, 1.54) is 0 Å². The molecule has 2 fully saturated rings. The molecule has 0 aliphatic carbocycles. The predicted molar refractivity (Wildman–Crippen MR) is 92.3 cm³/mol. The molecule has 5 nitrogen and oxygen atoms in total. The van der Waals surface area contributed by atoms with E-state index in [1.807, 2.05) is 25.7 Å². The van der Waals surface area contributed by atoms with Crippen LogP contribution in [0.3, 0.4) is 0 Å². The number of carbonyl (C=O) groups excluding carboxylic acids is 2. The van der Waals surface area contributed by atoms with Crippen LogP contribution in [0.5, 0.6) is 0 Å². The van der Waals surface area contributed by atoms with Gasteiger partial charge in [0.1, 0.15) is 5.78 Å². The molecule has 0 unspecified atom stereocenters. The van der Waals surface area contributed by atoms with Crippen molar-refractivity contribution in [2.45, 2.75) is 40.0 Å². The highest BCUT2D eigenvalue weighted by atomic mass is 16.2. The molecule has 0 atom stereocenters. The Labute approximate surface area is 141 Å². The highest BCUT2D eigenvalue weighted by Gasteiger charge is 2.25. The summed E-state index contributed by atoms with van der Waals surface area (Å²) in [5, 5.41) is 0. The molecule has 0 bridgehead atoms. The summed E-state index contributed by atoms with van der Waals surface area (Å²) in [5.74, 6) is 1.52. The number of Topliss-reactive ketones (excluding diaryl/α,β-unsaturated/α-hetero) is 1. The quantitative estimate of drug-likeness (QED) is 0.743. The molecule has 0 aromatic rings. The van der Waals surface area contributed by atoms with Crippen LogP contribution in [0.1, 0.15) is 40.0 Å². The largest absolute Gasteiger partial charge is 0.343 e. The lowest BCUT2D eigenvalue weighted by Gasteiger charge is -2.38. The van der Waals surface area contributed by atoms with Crippen LogP contribution in [-0.4, -0.2) is 78.7 Å². The van der Waals surface area contributed by atoms with Gasteiger partial charge in [-0.1, -0.05) is 20.8 Å². The number of likely N-dealkylation sites (tertiary alicyclic amines) is 1. The Morgan fingerprint density at radius 3 is 2.04 bits per heavy atom. The van der Waals surface area contributed by atoms with Crippen LogP contribution in [0.25, 0.3) is 0 Å². The maximum atomic E-state index is 11.8. The van der Waals surface area contributed by atoms with Crippen molar-refractivity contribution in [3.05, 3.63) is 0 Å². The van der Waals surface area contributed by atoms with Crippen LogP contribution in [0.15, 0.2) is 0 Å². The number of nitrogens with zero attached hydrogens (tertiary/aromatic N) is 3. The van der Waals surface area contributed by atoms with E-state index in [1.54, 1.807) is 0 Å². The van der Waals surface area contributed by atoms with Crippen molar-refractivity contribution in [1.82, 2.24) is 14.7 Å². The molecule has 23 heavy (non-hydrogen) atoms. The zero-order valence-corrected chi connectivity index (χ0v) is 15.1. The molecule has 2 heterocycles. The van der Waals surface area contributed by atoms with Gasteiger partial charge in [-0.05, 0) is 18.8 Å². The van der Waals surface area contributed by atoms with E-state index in [0.717, 1.165) is 64.6 Å². The van der Waals surface area contributed by atoms with Crippen LogP contribution < -0.4 is 0 Å². The zero-order valence-electron chi connectivity index (χ0n) is 15.1. The van der Waals surface area contributed by atoms with E-state index < -0.39 is 0 Å². The number of amides is 1. The Kier molecular flexibility index (Phi) is 7.03. The summed E-state index contributed by atoms with van der Waals surface area (Å²) >= 11 is 0. The fourth-order valence-corrected chi connectivity index (χ4v) is 3.49. The molecule has 0 saturated carbocycles. The van der Waals surface area contributed by atoms with Crippen LogP contribution >= 0.6 is 0 Å². The summed E-state index contributed by atoms with van der Waals surface area (Å²) < 4.78 is 0. The molecule has 1 amide bonds. The van der Waals surface area contributed by atoms with Gasteiger partial charge in [0, 0.05) is 58.2 Å². The second-order valence-electron chi connectivity index (χ2n) is 7.38. The molecule has 0 spiro atoms. The lowest BCUT2D eigenvalue weighted by Crippen LogP contribution is -2.50. The van der Waals surface area contributed by atoms with Crippen LogP contribution in [-0.2, 0) is 9.59 Å². The fraction of sp³-hybridized carbons (Fsp3) is 0.889. The SMILES string of the molecule is CCC(=O)N1CCC(CN2CCN(CC(=O)C(C)C)CC2)CC1. The van der Waals surface area contributed by atoms with E-state index in [9.17, 15) is 9.59 Å². The standard InChI is InChI=1S/C18H33N3O2/c1-4-18(23)21-7-5-16(6-8-21)13-19-9-11-20(12-10-19)14-17(22)15(2)3/h15-16H,4-14H2,1-3H3. The van der Waals surface area contributed by atoms with Crippen molar-refractivity contribution in [2.75, 3.05) is 52.4 Å². The van der Waals surface area contributed by atoms with Gasteiger partial charge >= 0.3 is 0 Å². The molecule has 0 N–H and O–H groups in total. The molecule has 0 aromatic heterocycles. The van der Waals surface area contributed by atoms with Crippen molar-refractivity contribution in [3.8, 4) is 0 Å². The fourth-order valence-electron chi connectivity index (χ4n) is 3.49. The number of hydrogen-bond donors (Lipinski definition) is 0. The minimum absolute atomic E-state index is 0.143. The van der Waals surface area contributed by atoms with Crippen LogP contribution in [0.4, 0.5) is 0 Å². The van der Waals surface area contributed by atoms with E-state index in [4.69, 9.17) is 0 Å². The normalized spacial score (nSPS) is 21.8. The third-order valence-electron chi connectivity index (χ3n) is 5.27. The average Bonchev–Trinajstić information content (AvgIpc) is 2.56. The van der Waals surface area contributed by atoms with E-state index in [0.29, 0.717) is 24.7 Å². The van der Waals surface area contributed by atoms with Gasteiger partial charge in [-0.3, -0.25) is 14.5 Å². The first-order valence-corrected chi connectivity index (χ1v) is 9.24.